The summed E-state index contributed by atoms with van der Waals surface area (Å²) in [6.45, 7) is -0.630. The fourth-order valence-corrected chi connectivity index (χ4v) is 4.60. The minimum absolute atomic E-state index is 0.00357. The van der Waals surface area contributed by atoms with Gasteiger partial charge in [0.2, 0.25) is 5.43 Å². The zero-order valence-electron chi connectivity index (χ0n) is 20.9. The molecule has 1 aliphatic rings. The Bertz CT molecular complexity index is 1680. The summed E-state index contributed by atoms with van der Waals surface area (Å²) in [7, 11) is 0. The smallest absolute Gasteiger partial charge is 0.338 e. The van der Waals surface area contributed by atoms with E-state index in [2.05, 4.69) is 0 Å². The van der Waals surface area contributed by atoms with Crippen LogP contribution in [0.5, 0.6) is 28.7 Å². The molecule has 0 aliphatic carbocycles. The van der Waals surface area contributed by atoms with Gasteiger partial charge in [-0.1, -0.05) is 0 Å². The zero-order valence-corrected chi connectivity index (χ0v) is 20.9. The molecule has 3 aromatic carbocycles. The molecule has 2 heterocycles. The van der Waals surface area contributed by atoms with Gasteiger partial charge in [-0.25, -0.2) is 4.79 Å². The maximum Gasteiger partial charge on any atom is 0.338 e. The van der Waals surface area contributed by atoms with Gasteiger partial charge in [-0.05, 0) is 42.5 Å². The first-order valence-corrected chi connectivity index (χ1v) is 12.2. The monoisotopic (exact) mass is 568 g/mol. The molecule has 0 amide bonds. The standard InChI is InChI=1S/C28H24O13/c29-13-4-1-11(2-5-13)28(38)39-10-19-22(34)24(36)25(37)27(41-19)21-23(35)20-17(33)8-14(30)9-18(20)40-26(21)12-3-6-15(31)16(32)7-12/h1-9,19,22,24-25,27,29-34,36-37H,10H2/t19-,22-,24+,25-,27+/m1/s1. The number of rotatable bonds is 5. The number of phenols is 5. The molecule has 4 aromatic rings. The van der Waals surface area contributed by atoms with Crippen molar-refractivity contribution in [1.29, 1.82) is 0 Å². The van der Waals surface area contributed by atoms with Crippen LogP contribution in [0.1, 0.15) is 22.0 Å². The van der Waals surface area contributed by atoms with Crippen molar-refractivity contribution in [3.05, 3.63) is 75.9 Å². The van der Waals surface area contributed by atoms with Crippen molar-refractivity contribution >= 4 is 16.9 Å². The predicted octanol–water partition coefficient (Wildman–Crippen LogP) is 1.37. The number of carbonyl (C=O) groups is 1. The minimum Gasteiger partial charge on any atom is -0.508 e. The minimum atomic E-state index is -1.93. The second kappa shape index (κ2) is 10.6. The highest BCUT2D eigenvalue weighted by Crippen LogP contribution is 2.41. The number of ether oxygens (including phenoxy) is 2. The van der Waals surface area contributed by atoms with E-state index in [1.807, 2.05) is 0 Å². The lowest BCUT2D eigenvalue weighted by Crippen LogP contribution is -2.56. The summed E-state index contributed by atoms with van der Waals surface area (Å²) in [6, 6.07) is 10.4. The van der Waals surface area contributed by atoms with Crippen LogP contribution >= 0.6 is 0 Å². The lowest BCUT2D eigenvalue weighted by Gasteiger charge is -2.40. The molecule has 0 bridgehead atoms. The number of aliphatic hydroxyl groups is 3. The summed E-state index contributed by atoms with van der Waals surface area (Å²) in [5, 5.41) is 81.3. The van der Waals surface area contributed by atoms with E-state index in [0.717, 1.165) is 24.3 Å². The molecule has 5 rings (SSSR count). The molecule has 214 valence electrons. The third-order valence-electron chi connectivity index (χ3n) is 6.71. The number of hydrogen-bond acceptors (Lipinski definition) is 13. The van der Waals surface area contributed by atoms with E-state index in [1.165, 1.54) is 30.3 Å². The van der Waals surface area contributed by atoms with Gasteiger partial charge in [-0.2, -0.15) is 0 Å². The predicted molar refractivity (Wildman–Crippen MR) is 139 cm³/mol. The third kappa shape index (κ3) is 5.10. The summed E-state index contributed by atoms with van der Waals surface area (Å²) >= 11 is 0. The van der Waals surface area contributed by atoms with Crippen molar-refractivity contribution in [2.75, 3.05) is 6.61 Å². The van der Waals surface area contributed by atoms with Crippen LogP contribution in [0.15, 0.2) is 63.8 Å². The fourth-order valence-electron chi connectivity index (χ4n) is 4.60. The number of carbonyl (C=O) groups excluding carboxylic acids is 1. The van der Waals surface area contributed by atoms with Crippen LogP contribution in [0.4, 0.5) is 0 Å². The van der Waals surface area contributed by atoms with E-state index in [4.69, 9.17) is 13.9 Å². The molecule has 1 fully saturated rings. The second-order valence-corrected chi connectivity index (χ2v) is 9.43. The molecule has 13 nitrogen and oxygen atoms in total. The van der Waals surface area contributed by atoms with E-state index in [-0.39, 0.29) is 28.2 Å². The normalized spacial score (nSPS) is 22.5. The van der Waals surface area contributed by atoms with Crippen LogP contribution in [0.3, 0.4) is 0 Å². The molecule has 1 saturated heterocycles. The Labute approximate surface area is 229 Å². The summed E-state index contributed by atoms with van der Waals surface area (Å²) in [5.74, 6) is -3.44. The molecule has 0 saturated carbocycles. The van der Waals surface area contributed by atoms with Gasteiger partial charge < -0.3 is 54.7 Å². The average molecular weight is 568 g/mol. The van der Waals surface area contributed by atoms with Crippen molar-refractivity contribution in [1.82, 2.24) is 0 Å². The number of hydrogen-bond donors (Lipinski definition) is 8. The van der Waals surface area contributed by atoms with Crippen molar-refractivity contribution < 1.29 is 59.5 Å². The first-order chi connectivity index (χ1) is 19.5. The Morgan fingerprint density at radius 1 is 0.780 bits per heavy atom. The van der Waals surface area contributed by atoms with Gasteiger partial charge in [0.05, 0.1) is 11.1 Å². The molecule has 0 spiro atoms. The van der Waals surface area contributed by atoms with Gasteiger partial charge in [0.15, 0.2) is 11.5 Å². The number of benzene rings is 3. The topological polar surface area (TPSA) is 228 Å². The number of esters is 1. The highest BCUT2D eigenvalue weighted by atomic mass is 16.6. The average Bonchev–Trinajstić information content (AvgIpc) is 2.93. The van der Waals surface area contributed by atoms with E-state index in [1.54, 1.807) is 0 Å². The van der Waals surface area contributed by atoms with E-state index < -0.39 is 82.5 Å². The van der Waals surface area contributed by atoms with E-state index in [9.17, 15) is 50.4 Å². The van der Waals surface area contributed by atoms with Crippen LogP contribution < -0.4 is 5.43 Å². The first-order valence-electron chi connectivity index (χ1n) is 12.2. The van der Waals surface area contributed by atoms with Gasteiger partial charge in [0, 0.05) is 17.7 Å². The Kier molecular flexibility index (Phi) is 7.19. The summed E-state index contributed by atoms with van der Waals surface area (Å²) in [4.78, 5) is 26.2. The second-order valence-electron chi connectivity index (χ2n) is 9.43. The zero-order chi connectivity index (χ0) is 29.6. The number of phenolic OH excluding ortho intramolecular Hbond substituents is 5. The molecule has 0 radical (unpaired) electrons. The quantitative estimate of drug-likeness (QED) is 0.126. The molecule has 1 aliphatic heterocycles. The molecule has 0 unspecified atom stereocenters. The van der Waals surface area contributed by atoms with E-state index in [0.29, 0.717) is 0 Å². The molecular formula is C28H24O13. The molecule has 13 heteroatoms. The third-order valence-corrected chi connectivity index (χ3v) is 6.71. The highest BCUT2D eigenvalue weighted by molar-refractivity contribution is 5.89. The van der Waals surface area contributed by atoms with Crippen molar-refractivity contribution in [3.8, 4) is 40.1 Å². The molecule has 1 aromatic heterocycles. The van der Waals surface area contributed by atoms with Crippen molar-refractivity contribution in [2.24, 2.45) is 0 Å². The van der Waals surface area contributed by atoms with Crippen molar-refractivity contribution in [3.63, 3.8) is 0 Å². The summed E-state index contributed by atoms with van der Waals surface area (Å²) < 4.78 is 16.8. The maximum absolute atomic E-state index is 13.8. The number of aromatic hydroxyl groups is 5. The maximum atomic E-state index is 13.8. The van der Waals surface area contributed by atoms with E-state index >= 15 is 0 Å². The molecule has 5 atom stereocenters. The molecule has 8 N–H and O–H groups in total. The largest absolute Gasteiger partial charge is 0.508 e. The van der Waals surface area contributed by atoms with Gasteiger partial charge in [0.25, 0.3) is 0 Å². The van der Waals surface area contributed by atoms with Crippen LogP contribution in [0.25, 0.3) is 22.3 Å². The van der Waals surface area contributed by atoms with Crippen LogP contribution in [0.2, 0.25) is 0 Å². The van der Waals surface area contributed by atoms with Gasteiger partial charge >= 0.3 is 5.97 Å². The molecular weight excluding hydrogens is 544 g/mol. The highest BCUT2D eigenvalue weighted by Gasteiger charge is 2.47. The van der Waals surface area contributed by atoms with Gasteiger partial charge in [0.1, 0.15) is 71.1 Å². The SMILES string of the molecule is O=C(OC[C@H]1O[C@@H](c2c(-c3ccc(O)c(O)c3)oc3cc(O)cc(O)c3c2=O)[C@H](O)[C@@H](O)[C@@H]1O)c1ccc(O)cc1. The number of aliphatic hydroxyl groups excluding tert-OH is 3. The lowest BCUT2D eigenvalue weighted by atomic mass is 9.89. The lowest BCUT2D eigenvalue weighted by molar-refractivity contribution is -0.232. The van der Waals surface area contributed by atoms with Crippen molar-refractivity contribution in [2.45, 2.75) is 30.5 Å². The first kappa shape index (κ1) is 27.7. The summed E-state index contributed by atoms with van der Waals surface area (Å²) in [6.07, 6.45) is -8.81. The Morgan fingerprint density at radius 2 is 1.49 bits per heavy atom. The van der Waals surface area contributed by atoms with Gasteiger partial charge in [-0.15, -0.1) is 0 Å². The van der Waals surface area contributed by atoms with Crippen LogP contribution in [0, 0.1) is 0 Å². The van der Waals surface area contributed by atoms with Gasteiger partial charge in [-0.3, -0.25) is 4.79 Å². The number of fused-ring (bicyclic) bond motifs is 1. The van der Waals surface area contributed by atoms with Crippen LogP contribution in [-0.4, -0.2) is 77.8 Å². The fraction of sp³-hybridized carbons (Fsp3) is 0.214. The molecule has 41 heavy (non-hydrogen) atoms. The Hall–Kier alpha value is -4.82. The van der Waals surface area contributed by atoms with Crippen LogP contribution in [-0.2, 0) is 9.47 Å². The Balaban J connectivity index is 1.58. The summed E-state index contributed by atoms with van der Waals surface area (Å²) in [5.41, 5.74) is -1.60. The Morgan fingerprint density at radius 3 is 2.17 bits per heavy atom.